The van der Waals surface area contributed by atoms with Crippen LogP contribution < -0.4 is 5.32 Å². The maximum atomic E-state index is 12.2. The molecule has 1 amide bonds. The zero-order valence-corrected chi connectivity index (χ0v) is 13.5. The molecule has 4 nitrogen and oxygen atoms in total. The van der Waals surface area contributed by atoms with Crippen molar-refractivity contribution in [3.8, 4) is 0 Å². The minimum Gasteiger partial charge on any atom is -0.343 e. The number of hydrogen-bond acceptors (Lipinski definition) is 3. The Morgan fingerprint density at radius 3 is 2.78 bits per heavy atom. The zero-order valence-electron chi connectivity index (χ0n) is 12.0. The first-order valence-corrected chi connectivity index (χ1v) is 7.80. The highest BCUT2D eigenvalue weighted by molar-refractivity contribution is 6.31. The lowest BCUT2D eigenvalue weighted by atomic mass is 9.92. The first-order chi connectivity index (χ1) is 11.1. The summed E-state index contributed by atoms with van der Waals surface area (Å²) in [7, 11) is 0. The molecule has 2 aromatic carbocycles. The van der Waals surface area contributed by atoms with Gasteiger partial charge in [0, 0.05) is 10.7 Å². The first kappa shape index (κ1) is 15.8. The van der Waals surface area contributed by atoms with Gasteiger partial charge in [-0.1, -0.05) is 35.9 Å². The number of hydrogen-bond donors (Lipinski definition) is 1. The Bertz CT molecular complexity index is 776. The number of aryl methyl sites for hydroxylation is 1. The van der Waals surface area contributed by atoms with Gasteiger partial charge in [-0.3, -0.25) is 4.79 Å². The highest BCUT2D eigenvalue weighted by Gasteiger charge is 2.30. The summed E-state index contributed by atoms with van der Waals surface area (Å²) in [5.41, 5.74) is 2.89. The van der Waals surface area contributed by atoms with Crippen molar-refractivity contribution >= 4 is 41.0 Å². The van der Waals surface area contributed by atoms with Crippen molar-refractivity contribution in [2.45, 2.75) is 18.8 Å². The van der Waals surface area contributed by atoms with Gasteiger partial charge in [0.05, 0.1) is 11.5 Å². The second kappa shape index (κ2) is 6.60. The van der Waals surface area contributed by atoms with Gasteiger partial charge in [0.15, 0.2) is 0 Å². The third-order valence-corrected chi connectivity index (χ3v) is 4.35. The molecule has 1 aliphatic rings. The van der Waals surface area contributed by atoms with Gasteiger partial charge in [-0.05, 0) is 42.2 Å². The Labute approximate surface area is 143 Å². The predicted molar refractivity (Wildman–Crippen MR) is 88.9 cm³/mol. The van der Waals surface area contributed by atoms with Crippen molar-refractivity contribution in [2.75, 3.05) is 5.32 Å². The maximum absolute atomic E-state index is 12.2. The lowest BCUT2D eigenvalue weighted by Crippen LogP contribution is -2.13. The van der Waals surface area contributed by atoms with E-state index < -0.39 is 5.97 Å². The maximum Gasteiger partial charge on any atom is 0.356 e. The molecule has 0 aliphatic carbocycles. The zero-order chi connectivity index (χ0) is 16.4. The molecule has 1 atom stereocenters. The van der Waals surface area contributed by atoms with E-state index in [2.05, 4.69) is 9.61 Å². The highest BCUT2D eigenvalue weighted by atomic mass is 35.5. The minimum absolute atomic E-state index is 0.0559. The average molecular weight is 350 g/mol. The van der Waals surface area contributed by atoms with E-state index in [0.29, 0.717) is 23.4 Å². The van der Waals surface area contributed by atoms with E-state index in [1.807, 2.05) is 18.2 Å². The van der Waals surface area contributed by atoms with Crippen LogP contribution in [-0.4, -0.2) is 11.9 Å². The van der Waals surface area contributed by atoms with Gasteiger partial charge < -0.3 is 9.61 Å². The summed E-state index contributed by atoms with van der Waals surface area (Å²) >= 11 is 11.1. The van der Waals surface area contributed by atoms with Crippen molar-refractivity contribution in [1.29, 1.82) is 0 Å². The van der Waals surface area contributed by atoms with E-state index in [-0.39, 0.29) is 11.8 Å². The molecule has 1 N–H and O–H groups in total. The van der Waals surface area contributed by atoms with Gasteiger partial charge >= 0.3 is 5.97 Å². The molecular formula is C17H13Cl2NO3. The van der Waals surface area contributed by atoms with Crippen LogP contribution in [0.1, 0.15) is 33.8 Å². The molecule has 1 unspecified atom stereocenters. The average Bonchev–Trinajstić information content (AvgIpc) is 2.86. The molecule has 6 heteroatoms. The molecule has 2 aromatic rings. The van der Waals surface area contributed by atoms with Crippen LogP contribution in [0.5, 0.6) is 0 Å². The number of benzene rings is 2. The van der Waals surface area contributed by atoms with Crippen LogP contribution in [0, 0.1) is 0 Å². The number of carbonyl (C=O) groups excluding carboxylic acids is 2. The molecule has 23 heavy (non-hydrogen) atoms. The van der Waals surface area contributed by atoms with E-state index in [9.17, 15) is 9.59 Å². The summed E-state index contributed by atoms with van der Waals surface area (Å²) in [5, 5.41) is 3.42. The summed E-state index contributed by atoms with van der Waals surface area (Å²) in [6, 6.07) is 12.4. The second-order valence-corrected chi connectivity index (χ2v) is 5.92. The van der Waals surface area contributed by atoms with Gasteiger partial charge in [-0.25, -0.2) is 4.79 Å². The van der Waals surface area contributed by atoms with Gasteiger partial charge in [0.25, 0.3) is 0 Å². The van der Waals surface area contributed by atoms with E-state index in [0.717, 1.165) is 16.8 Å². The molecule has 0 spiro atoms. The fraction of sp³-hybridized carbons (Fsp3) is 0.176. The minimum atomic E-state index is -0.592. The van der Waals surface area contributed by atoms with E-state index in [1.54, 1.807) is 24.3 Å². The van der Waals surface area contributed by atoms with E-state index in [1.165, 1.54) is 0 Å². The van der Waals surface area contributed by atoms with Gasteiger partial charge in [-0.15, -0.1) is 0 Å². The Kier molecular flexibility index (Phi) is 4.55. The number of rotatable bonds is 4. The lowest BCUT2D eigenvalue weighted by Gasteiger charge is -2.11. The molecule has 0 saturated heterocycles. The summed E-state index contributed by atoms with van der Waals surface area (Å²) in [6.45, 7) is 0. The van der Waals surface area contributed by atoms with Crippen LogP contribution in [-0.2, 0) is 15.5 Å². The Balaban J connectivity index is 1.80. The topological polar surface area (TPSA) is 55.4 Å². The first-order valence-electron chi connectivity index (χ1n) is 7.11. The van der Waals surface area contributed by atoms with Crippen molar-refractivity contribution < 1.29 is 13.9 Å². The van der Waals surface area contributed by atoms with Crippen molar-refractivity contribution in [3.05, 3.63) is 64.2 Å². The van der Waals surface area contributed by atoms with Gasteiger partial charge in [0.2, 0.25) is 5.91 Å². The Morgan fingerprint density at radius 2 is 2.00 bits per heavy atom. The molecule has 1 aliphatic heterocycles. The van der Waals surface area contributed by atoms with E-state index in [4.69, 9.17) is 23.5 Å². The third-order valence-electron chi connectivity index (χ3n) is 3.97. The fourth-order valence-electron chi connectivity index (χ4n) is 2.87. The van der Waals surface area contributed by atoms with Gasteiger partial charge in [0.1, 0.15) is 11.9 Å². The van der Waals surface area contributed by atoms with Crippen LogP contribution in [0.4, 0.5) is 5.69 Å². The molecule has 0 radical (unpaired) electrons. The van der Waals surface area contributed by atoms with E-state index >= 15 is 0 Å². The van der Waals surface area contributed by atoms with Crippen LogP contribution >= 0.6 is 23.5 Å². The molecule has 0 bridgehead atoms. The highest BCUT2D eigenvalue weighted by Crippen LogP contribution is 2.37. The quantitative estimate of drug-likeness (QED) is 0.894. The number of nitrogens with one attached hydrogen (secondary N) is 1. The number of carbonyl (C=O) groups is 2. The number of fused-ring (bicyclic) bond motifs is 1. The number of anilines is 1. The Hall–Kier alpha value is -2.04. The van der Waals surface area contributed by atoms with Crippen LogP contribution in [0.2, 0.25) is 5.02 Å². The predicted octanol–water partition coefficient (Wildman–Crippen LogP) is 4.32. The van der Waals surface area contributed by atoms with Gasteiger partial charge in [-0.2, -0.15) is 0 Å². The molecular weight excluding hydrogens is 337 g/mol. The van der Waals surface area contributed by atoms with Crippen molar-refractivity contribution in [1.82, 2.24) is 0 Å². The molecule has 0 fully saturated rings. The standard InChI is InChI=1S/C17H13Cl2NO3/c18-11-6-8-13-14(16(21)20-15(13)9-11)7-5-10-3-1-2-4-12(10)17(22)23-19/h1-4,6,8-9,14H,5,7H2,(H,20,21). The fourth-order valence-corrected chi connectivity index (χ4v) is 3.12. The third kappa shape index (κ3) is 3.19. The second-order valence-electron chi connectivity index (χ2n) is 5.33. The lowest BCUT2D eigenvalue weighted by molar-refractivity contribution is -0.117. The Morgan fingerprint density at radius 1 is 1.22 bits per heavy atom. The van der Waals surface area contributed by atoms with Crippen LogP contribution in [0.3, 0.4) is 0 Å². The summed E-state index contributed by atoms with van der Waals surface area (Å²) < 4.78 is 4.28. The van der Waals surface area contributed by atoms with Crippen LogP contribution in [0.25, 0.3) is 0 Å². The summed E-state index contributed by atoms with van der Waals surface area (Å²) in [5.74, 6) is -0.910. The molecule has 0 aromatic heterocycles. The molecule has 3 rings (SSSR count). The monoisotopic (exact) mass is 349 g/mol. The summed E-state index contributed by atoms with van der Waals surface area (Å²) in [4.78, 5) is 23.9. The molecule has 1 heterocycles. The van der Waals surface area contributed by atoms with Crippen molar-refractivity contribution in [3.63, 3.8) is 0 Å². The normalized spacial score (nSPS) is 15.9. The smallest absolute Gasteiger partial charge is 0.343 e. The molecule has 0 saturated carbocycles. The molecule has 118 valence electrons. The SMILES string of the molecule is O=C(OCl)c1ccccc1CCC1C(=O)Nc2cc(Cl)ccc21. The van der Waals surface area contributed by atoms with Crippen molar-refractivity contribution in [2.24, 2.45) is 0 Å². The summed E-state index contributed by atoms with van der Waals surface area (Å²) in [6.07, 6.45) is 1.13. The largest absolute Gasteiger partial charge is 0.356 e. The number of halogens is 2. The van der Waals surface area contributed by atoms with Crippen LogP contribution in [0.15, 0.2) is 42.5 Å². The number of amides is 1.